The molecule has 0 spiro atoms. The maximum absolute atomic E-state index is 15.5. The molecule has 0 aliphatic carbocycles. The number of piperidine rings is 1. The van der Waals surface area contributed by atoms with Gasteiger partial charge in [0.15, 0.2) is 0 Å². The van der Waals surface area contributed by atoms with Crippen LogP contribution < -0.4 is 5.32 Å². The molecule has 10 heteroatoms. The Kier molecular flexibility index (Phi) is 7.26. The SMILES string of the molecule is C[C@H]1CN(C(=O)OCCNC(=O)OC(C)(C)C)CC[C@]1(F)c1cc(Cl)cnc1F. The number of rotatable bonds is 4. The predicted molar refractivity (Wildman–Crippen MR) is 103 cm³/mol. The summed E-state index contributed by atoms with van der Waals surface area (Å²) in [5.41, 5.74) is -2.81. The van der Waals surface area contributed by atoms with Crippen molar-refractivity contribution in [2.75, 3.05) is 26.2 Å². The van der Waals surface area contributed by atoms with Crippen LogP contribution in [0.2, 0.25) is 5.02 Å². The number of amides is 2. The number of likely N-dealkylation sites (tertiary alicyclic amines) is 1. The molecule has 1 aliphatic heterocycles. The first-order valence-electron chi connectivity index (χ1n) is 9.31. The number of halogens is 3. The van der Waals surface area contributed by atoms with Gasteiger partial charge >= 0.3 is 12.2 Å². The van der Waals surface area contributed by atoms with E-state index in [0.717, 1.165) is 6.20 Å². The number of hydrogen-bond donors (Lipinski definition) is 1. The topological polar surface area (TPSA) is 80.8 Å². The molecule has 1 N–H and O–H groups in total. The number of nitrogens with zero attached hydrogens (tertiary/aromatic N) is 2. The second-order valence-electron chi connectivity index (χ2n) is 7.99. The van der Waals surface area contributed by atoms with E-state index in [1.54, 1.807) is 27.7 Å². The molecule has 0 radical (unpaired) electrons. The van der Waals surface area contributed by atoms with E-state index < -0.39 is 35.3 Å². The Morgan fingerprint density at radius 1 is 1.45 bits per heavy atom. The highest BCUT2D eigenvalue weighted by atomic mass is 35.5. The fraction of sp³-hybridized carbons (Fsp3) is 0.632. The van der Waals surface area contributed by atoms with Crippen molar-refractivity contribution < 1.29 is 27.8 Å². The van der Waals surface area contributed by atoms with Crippen molar-refractivity contribution in [3.05, 3.63) is 28.8 Å². The van der Waals surface area contributed by atoms with Crippen molar-refractivity contribution in [1.29, 1.82) is 0 Å². The molecule has 1 aromatic heterocycles. The third-order valence-electron chi connectivity index (χ3n) is 4.53. The lowest BCUT2D eigenvalue weighted by Crippen LogP contribution is -2.49. The molecule has 2 rings (SSSR count). The summed E-state index contributed by atoms with van der Waals surface area (Å²) in [6.07, 6.45) is -0.237. The fourth-order valence-electron chi connectivity index (χ4n) is 3.09. The summed E-state index contributed by atoms with van der Waals surface area (Å²) in [7, 11) is 0. The van der Waals surface area contributed by atoms with Gasteiger partial charge < -0.3 is 19.7 Å². The summed E-state index contributed by atoms with van der Waals surface area (Å²) in [4.78, 5) is 28.6. The summed E-state index contributed by atoms with van der Waals surface area (Å²) in [5, 5.41) is 2.62. The van der Waals surface area contributed by atoms with E-state index in [1.165, 1.54) is 11.0 Å². The van der Waals surface area contributed by atoms with Gasteiger partial charge in [-0.25, -0.2) is 19.0 Å². The quantitative estimate of drug-likeness (QED) is 0.572. The number of alkyl carbamates (subject to hydrolysis) is 1. The molecule has 1 saturated heterocycles. The van der Waals surface area contributed by atoms with E-state index in [1.807, 2.05) is 0 Å². The third kappa shape index (κ3) is 6.16. The summed E-state index contributed by atoms with van der Waals surface area (Å²) < 4.78 is 39.8. The Labute approximate surface area is 173 Å². The van der Waals surface area contributed by atoms with Crippen LogP contribution in [0.1, 0.15) is 39.7 Å². The Morgan fingerprint density at radius 3 is 2.76 bits per heavy atom. The predicted octanol–water partition coefficient (Wildman–Crippen LogP) is 4.04. The average molecular weight is 434 g/mol. The van der Waals surface area contributed by atoms with E-state index in [2.05, 4.69) is 10.3 Å². The molecule has 2 amide bonds. The van der Waals surface area contributed by atoms with Gasteiger partial charge in [0, 0.05) is 37.2 Å². The minimum Gasteiger partial charge on any atom is -0.448 e. The summed E-state index contributed by atoms with van der Waals surface area (Å²) in [6.45, 7) is 6.91. The molecular formula is C19H26ClF2N3O4. The fourth-order valence-corrected chi connectivity index (χ4v) is 3.25. The number of ether oxygens (including phenoxy) is 2. The first-order valence-corrected chi connectivity index (χ1v) is 9.69. The lowest BCUT2D eigenvalue weighted by atomic mass is 9.79. The average Bonchev–Trinajstić information content (AvgIpc) is 2.61. The monoisotopic (exact) mass is 433 g/mol. The number of pyridine rings is 1. The number of hydrogen-bond acceptors (Lipinski definition) is 5. The molecule has 0 aromatic carbocycles. The smallest absolute Gasteiger partial charge is 0.409 e. The Bertz CT molecular complexity index is 759. The number of carbonyl (C=O) groups is 2. The van der Waals surface area contributed by atoms with Crippen molar-refractivity contribution in [3.63, 3.8) is 0 Å². The van der Waals surface area contributed by atoms with Crippen molar-refractivity contribution in [2.45, 2.75) is 45.4 Å². The summed E-state index contributed by atoms with van der Waals surface area (Å²) in [5.74, 6) is -1.61. The van der Waals surface area contributed by atoms with E-state index in [-0.39, 0.29) is 43.2 Å². The molecule has 162 valence electrons. The first kappa shape index (κ1) is 23.1. The number of carbonyl (C=O) groups excluding carboxylic acids is 2. The molecule has 0 unspecified atom stereocenters. The van der Waals surface area contributed by atoms with Crippen molar-refractivity contribution in [1.82, 2.24) is 15.2 Å². The zero-order valence-electron chi connectivity index (χ0n) is 16.9. The molecule has 29 heavy (non-hydrogen) atoms. The van der Waals surface area contributed by atoms with Crippen molar-refractivity contribution >= 4 is 23.8 Å². The van der Waals surface area contributed by atoms with E-state index >= 15 is 4.39 Å². The highest BCUT2D eigenvalue weighted by molar-refractivity contribution is 6.30. The summed E-state index contributed by atoms with van der Waals surface area (Å²) in [6, 6.07) is 1.23. The molecule has 1 aromatic rings. The Morgan fingerprint density at radius 2 is 2.14 bits per heavy atom. The summed E-state index contributed by atoms with van der Waals surface area (Å²) >= 11 is 5.83. The van der Waals surface area contributed by atoms with Gasteiger partial charge in [0.25, 0.3) is 0 Å². The maximum Gasteiger partial charge on any atom is 0.409 e. The molecule has 2 atom stereocenters. The first-order chi connectivity index (χ1) is 13.4. The van der Waals surface area contributed by atoms with Gasteiger partial charge in [-0.15, -0.1) is 0 Å². The highest BCUT2D eigenvalue weighted by Gasteiger charge is 2.46. The van der Waals surface area contributed by atoms with Gasteiger partial charge in [-0.05, 0) is 26.8 Å². The lowest BCUT2D eigenvalue weighted by Gasteiger charge is -2.41. The van der Waals surface area contributed by atoms with Crippen LogP contribution in [0.5, 0.6) is 0 Å². The van der Waals surface area contributed by atoms with Crippen LogP contribution in [-0.4, -0.2) is 53.9 Å². The number of nitrogens with one attached hydrogen (secondary N) is 1. The Balaban J connectivity index is 1.85. The zero-order chi connectivity index (χ0) is 21.8. The van der Waals surface area contributed by atoms with Crippen molar-refractivity contribution in [3.8, 4) is 0 Å². The van der Waals surface area contributed by atoms with Crippen LogP contribution in [0.15, 0.2) is 12.3 Å². The van der Waals surface area contributed by atoms with Crippen LogP contribution in [0.4, 0.5) is 18.4 Å². The highest BCUT2D eigenvalue weighted by Crippen LogP contribution is 2.42. The lowest BCUT2D eigenvalue weighted by molar-refractivity contribution is -0.00327. The van der Waals surface area contributed by atoms with E-state index in [4.69, 9.17) is 21.1 Å². The van der Waals surface area contributed by atoms with Gasteiger partial charge in [-0.1, -0.05) is 18.5 Å². The van der Waals surface area contributed by atoms with Gasteiger partial charge in [-0.2, -0.15) is 4.39 Å². The number of alkyl halides is 1. The number of aromatic nitrogens is 1. The molecule has 1 fully saturated rings. The zero-order valence-corrected chi connectivity index (χ0v) is 17.7. The Hall–Kier alpha value is -2.16. The maximum atomic E-state index is 15.5. The van der Waals surface area contributed by atoms with Crippen LogP contribution >= 0.6 is 11.6 Å². The van der Waals surface area contributed by atoms with Crippen LogP contribution in [-0.2, 0) is 15.1 Å². The third-order valence-corrected chi connectivity index (χ3v) is 4.74. The van der Waals surface area contributed by atoms with E-state index in [9.17, 15) is 14.0 Å². The van der Waals surface area contributed by atoms with Gasteiger partial charge in [0.2, 0.25) is 5.95 Å². The van der Waals surface area contributed by atoms with Gasteiger partial charge in [0.1, 0.15) is 17.9 Å². The van der Waals surface area contributed by atoms with Crippen LogP contribution in [0, 0.1) is 11.9 Å². The largest absolute Gasteiger partial charge is 0.448 e. The molecule has 0 bridgehead atoms. The van der Waals surface area contributed by atoms with Crippen LogP contribution in [0.25, 0.3) is 0 Å². The van der Waals surface area contributed by atoms with Gasteiger partial charge in [-0.3, -0.25) is 0 Å². The second-order valence-corrected chi connectivity index (χ2v) is 8.43. The van der Waals surface area contributed by atoms with Crippen molar-refractivity contribution in [2.24, 2.45) is 5.92 Å². The van der Waals surface area contributed by atoms with Crippen LogP contribution in [0.3, 0.4) is 0 Å². The molecule has 0 saturated carbocycles. The standard InChI is InChI=1S/C19H26ClF2N3O4/c1-12-11-25(17(27)28-8-6-23-16(26)29-18(2,3)4)7-5-19(12,22)14-9-13(20)10-24-15(14)21/h9-10,12H,5-8,11H2,1-4H3,(H,23,26)/t12-,19+/m0/s1. The molecular weight excluding hydrogens is 408 g/mol. The minimum absolute atomic E-state index is 0.0424. The van der Waals surface area contributed by atoms with E-state index in [0.29, 0.717) is 0 Å². The molecule has 2 heterocycles. The minimum atomic E-state index is -1.99. The molecule has 1 aliphatic rings. The van der Waals surface area contributed by atoms with Gasteiger partial charge in [0.05, 0.1) is 11.6 Å². The molecule has 7 nitrogen and oxygen atoms in total. The normalized spacial score (nSPS) is 22.2. The second kappa shape index (κ2) is 9.11.